The third-order valence-electron chi connectivity index (χ3n) is 3.75. The summed E-state index contributed by atoms with van der Waals surface area (Å²) in [5, 5.41) is 11.7. The van der Waals surface area contributed by atoms with Crippen molar-refractivity contribution in [2.75, 3.05) is 0 Å². The second-order valence-corrected chi connectivity index (χ2v) is 6.73. The van der Waals surface area contributed by atoms with E-state index in [-0.39, 0.29) is 12.1 Å². The molecule has 0 bridgehead atoms. The van der Waals surface area contributed by atoms with E-state index in [0.29, 0.717) is 18.4 Å². The first-order valence-corrected chi connectivity index (χ1v) is 6.98. The average Bonchev–Trinajstić information content (AvgIpc) is 2.33. The molecule has 1 heterocycles. The zero-order valence-corrected chi connectivity index (χ0v) is 12.6. The Morgan fingerprint density at radius 1 is 1.15 bits per heavy atom. The van der Waals surface area contributed by atoms with Crippen LogP contribution in [0.25, 0.3) is 0 Å². The van der Waals surface area contributed by atoms with E-state index >= 15 is 0 Å². The van der Waals surface area contributed by atoms with Crippen molar-refractivity contribution in [2.45, 2.75) is 57.7 Å². The normalized spacial score (nSPS) is 22.4. The van der Waals surface area contributed by atoms with Gasteiger partial charge in [-0.15, -0.1) is 5.06 Å². The summed E-state index contributed by atoms with van der Waals surface area (Å²) in [6, 6.07) is 8.96. The third-order valence-corrected chi connectivity index (χ3v) is 3.75. The summed E-state index contributed by atoms with van der Waals surface area (Å²) in [4.78, 5) is 17.9. The van der Waals surface area contributed by atoms with Crippen molar-refractivity contribution < 1.29 is 14.7 Å². The maximum atomic E-state index is 12.2. The van der Waals surface area contributed by atoms with Crippen molar-refractivity contribution >= 4 is 5.97 Å². The van der Waals surface area contributed by atoms with Crippen molar-refractivity contribution in [3.8, 4) is 0 Å². The number of piperidine rings is 1. The smallest absolute Gasteiger partial charge is 0.357 e. The van der Waals surface area contributed by atoms with Gasteiger partial charge in [-0.1, -0.05) is 18.2 Å². The molecule has 0 aromatic heterocycles. The van der Waals surface area contributed by atoms with Crippen LogP contribution in [0.3, 0.4) is 0 Å². The molecule has 1 fully saturated rings. The van der Waals surface area contributed by atoms with Crippen molar-refractivity contribution in [1.82, 2.24) is 5.06 Å². The molecule has 0 amide bonds. The number of benzene rings is 1. The SMILES string of the molecule is CC1(C)CC(O)CC(C)(C)N1OC(=O)c1ccccc1. The highest BCUT2D eigenvalue weighted by molar-refractivity contribution is 5.89. The minimum Gasteiger partial charge on any atom is -0.393 e. The molecule has 4 nitrogen and oxygen atoms in total. The Morgan fingerprint density at radius 2 is 1.65 bits per heavy atom. The van der Waals surface area contributed by atoms with Crippen LogP contribution in [-0.2, 0) is 4.84 Å². The molecule has 1 aliphatic rings. The van der Waals surface area contributed by atoms with Crippen molar-refractivity contribution in [3.63, 3.8) is 0 Å². The lowest BCUT2D eigenvalue weighted by Gasteiger charge is -2.51. The van der Waals surface area contributed by atoms with Gasteiger partial charge in [0, 0.05) is 0 Å². The van der Waals surface area contributed by atoms with Gasteiger partial charge in [-0.2, -0.15) is 0 Å². The Bertz CT molecular complexity index is 464. The molecule has 0 saturated carbocycles. The van der Waals surface area contributed by atoms with E-state index in [1.807, 2.05) is 45.9 Å². The summed E-state index contributed by atoms with van der Waals surface area (Å²) in [7, 11) is 0. The quantitative estimate of drug-likeness (QED) is 0.903. The molecule has 1 aliphatic heterocycles. The van der Waals surface area contributed by atoms with Crippen LogP contribution in [0.5, 0.6) is 0 Å². The zero-order chi connectivity index (χ0) is 15.0. The molecule has 110 valence electrons. The number of hydrogen-bond donors (Lipinski definition) is 1. The molecule has 1 saturated heterocycles. The van der Waals surface area contributed by atoms with Gasteiger partial charge in [0.25, 0.3) is 0 Å². The van der Waals surface area contributed by atoms with Gasteiger partial charge in [0.1, 0.15) is 0 Å². The first kappa shape index (κ1) is 15.0. The van der Waals surface area contributed by atoms with Gasteiger partial charge in [-0.3, -0.25) is 0 Å². The molecule has 0 aliphatic carbocycles. The topological polar surface area (TPSA) is 49.8 Å². The second-order valence-electron chi connectivity index (χ2n) is 6.73. The molecule has 0 unspecified atom stereocenters. The number of carbonyl (C=O) groups is 1. The molecule has 0 spiro atoms. The first-order chi connectivity index (χ1) is 9.22. The highest BCUT2D eigenvalue weighted by Crippen LogP contribution is 2.38. The van der Waals surface area contributed by atoms with Gasteiger partial charge in [-0.05, 0) is 52.7 Å². The van der Waals surface area contributed by atoms with Crippen LogP contribution in [0, 0.1) is 0 Å². The van der Waals surface area contributed by atoms with E-state index in [1.54, 1.807) is 17.2 Å². The van der Waals surface area contributed by atoms with Gasteiger partial charge in [0.2, 0.25) is 0 Å². The molecule has 1 N–H and O–H groups in total. The van der Waals surface area contributed by atoms with E-state index in [0.717, 1.165) is 0 Å². The second kappa shape index (κ2) is 5.19. The third kappa shape index (κ3) is 3.02. The van der Waals surface area contributed by atoms with Crippen LogP contribution in [0.1, 0.15) is 50.9 Å². The largest absolute Gasteiger partial charge is 0.393 e. The van der Waals surface area contributed by atoms with Gasteiger partial charge in [-0.25, -0.2) is 4.79 Å². The molecule has 20 heavy (non-hydrogen) atoms. The van der Waals surface area contributed by atoms with Gasteiger partial charge in [0.05, 0.1) is 22.7 Å². The molecule has 2 rings (SSSR count). The van der Waals surface area contributed by atoms with Crippen molar-refractivity contribution in [2.24, 2.45) is 0 Å². The van der Waals surface area contributed by atoms with Gasteiger partial charge >= 0.3 is 5.97 Å². The lowest BCUT2D eigenvalue weighted by atomic mass is 9.80. The van der Waals surface area contributed by atoms with Crippen LogP contribution in [0.2, 0.25) is 0 Å². The summed E-state index contributed by atoms with van der Waals surface area (Å²) < 4.78 is 0. The van der Waals surface area contributed by atoms with E-state index < -0.39 is 11.1 Å². The maximum absolute atomic E-state index is 12.2. The summed E-state index contributed by atoms with van der Waals surface area (Å²) in [5.41, 5.74) is -0.262. The predicted molar refractivity (Wildman–Crippen MR) is 77.1 cm³/mol. The van der Waals surface area contributed by atoms with E-state index in [4.69, 9.17) is 4.84 Å². The fourth-order valence-corrected chi connectivity index (χ4v) is 3.17. The van der Waals surface area contributed by atoms with Crippen LogP contribution in [0.15, 0.2) is 30.3 Å². The fraction of sp³-hybridized carbons (Fsp3) is 0.562. The highest BCUT2D eigenvalue weighted by atomic mass is 16.7. The minimum absolute atomic E-state index is 0.358. The monoisotopic (exact) mass is 277 g/mol. The van der Waals surface area contributed by atoms with E-state index in [1.165, 1.54) is 0 Å². The van der Waals surface area contributed by atoms with Gasteiger partial charge < -0.3 is 9.94 Å². The van der Waals surface area contributed by atoms with E-state index in [2.05, 4.69) is 0 Å². The Kier molecular flexibility index (Phi) is 3.89. The number of hydrogen-bond acceptors (Lipinski definition) is 4. The number of aliphatic hydroxyl groups excluding tert-OH is 1. The number of carbonyl (C=O) groups excluding carboxylic acids is 1. The van der Waals surface area contributed by atoms with Crippen LogP contribution in [0.4, 0.5) is 0 Å². The van der Waals surface area contributed by atoms with Crippen molar-refractivity contribution in [1.29, 1.82) is 0 Å². The number of rotatable bonds is 2. The molecule has 0 radical (unpaired) electrons. The van der Waals surface area contributed by atoms with Gasteiger partial charge in [0.15, 0.2) is 0 Å². The Balaban J connectivity index is 2.20. The van der Waals surface area contributed by atoms with Crippen LogP contribution in [-0.4, -0.2) is 33.3 Å². The lowest BCUT2D eigenvalue weighted by molar-refractivity contribution is -0.255. The van der Waals surface area contributed by atoms with Crippen LogP contribution < -0.4 is 0 Å². The van der Waals surface area contributed by atoms with E-state index in [9.17, 15) is 9.90 Å². The number of hydroxylamine groups is 2. The molecule has 0 atom stereocenters. The van der Waals surface area contributed by atoms with Crippen LogP contribution >= 0.6 is 0 Å². The summed E-state index contributed by atoms with van der Waals surface area (Å²) in [5.74, 6) is -0.358. The Labute approximate surface area is 120 Å². The molecule has 1 aromatic rings. The summed E-state index contributed by atoms with van der Waals surface area (Å²) in [6.07, 6.45) is 0.795. The summed E-state index contributed by atoms with van der Waals surface area (Å²) in [6.45, 7) is 7.93. The van der Waals surface area contributed by atoms with Crippen molar-refractivity contribution in [3.05, 3.63) is 35.9 Å². The summed E-state index contributed by atoms with van der Waals surface area (Å²) >= 11 is 0. The Morgan fingerprint density at radius 3 is 2.15 bits per heavy atom. The maximum Gasteiger partial charge on any atom is 0.357 e. The first-order valence-electron chi connectivity index (χ1n) is 6.98. The molecule has 1 aromatic carbocycles. The molecular formula is C16H23NO3. The Hall–Kier alpha value is -1.39. The minimum atomic E-state index is -0.397. The zero-order valence-electron chi connectivity index (χ0n) is 12.6. The lowest BCUT2D eigenvalue weighted by Crippen LogP contribution is -2.62. The number of nitrogens with zero attached hydrogens (tertiary/aromatic N) is 1. The predicted octanol–water partition coefficient (Wildman–Crippen LogP) is 2.77. The molecule has 4 heteroatoms. The highest BCUT2D eigenvalue weighted by Gasteiger charge is 2.47. The average molecular weight is 277 g/mol. The number of aliphatic hydroxyl groups is 1. The fourth-order valence-electron chi connectivity index (χ4n) is 3.17. The standard InChI is InChI=1S/C16H23NO3/c1-15(2)10-13(18)11-16(3,4)17(15)20-14(19)12-8-6-5-7-9-12/h5-9,13,18H,10-11H2,1-4H3. The molecular weight excluding hydrogens is 254 g/mol.